The van der Waals surface area contributed by atoms with E-state index in [0.717, 1.165) is 23.6 Å². The molecule has 0 amide bonds. The van der Waals surface area contributed by atoms with Crippen LogP contribution in [0.15, 0.2) is 22.7 Å². The molecule has 7 heteroatoms. The van der Waals surface area contributed by atoms with Crippen molar-refractivity contribution < 1.29 is 17.7 Å². The summed E-state index contributed by atoms with van der Waals surface area (Å²) in [5.74, 6) is -0.453. The van der Waals surface area contributed by atoms with Crippen LogP contribution in [-0.2, 0) is 12.0 Å². The van der Waals surface area contributed by atoms with Crippen molar-refractivity contribution in [2.24, 2.45) is 5.73 Å². The van der Waals surface area contributed by atoms with Crippen LogP contribution < -0.4 is 5.73 Å². The smallest absolute Gasteiger partial charge is 0.337 e. The molecule has 1 aromatic carbocycles. The lowest BCUT2D eigenvalue weighted by Gasteiger charge is -2.22. The van der Waals surface area contributed by atoms with Gasteiger partial charge in [0.25, 0.3) is 5.89 Å². The maximum absolute atomic E-state index is 12.8. The Balaban J connectivity index is 2.25. The molecule has 0 saturated carbocycles. The molecule has 0 aliphatic carbocycles. The van der Waals surface area contributed by atoms with Crippen LogP contribution in [0, 0.1) is 13.8 Å². The zero-order valence-electron chi connectivity index (χ0n) is 12.0. The van der Waals surface area contributed by atoms with E-state index in [1.165, 1.54) is 0 Å². The quantitative estimate of drug-likeness (QED) is 0.946. The summed E-state index contributed by atoms with van der Waals surface area (Å²) in [5.41, 5.74) is 5.63. The van der Waals surface area contributed by atoms with Crippen molar-refractivity contribution in [2.45, 2.75) is 38.9 Å². The fourth-order valence-corrected chi connectivity index (χ4v) is 2.01. The summed E-state index contributed by atoms with van der Waals surface area (Å²) in [6.07, 6.45) is -4.36. The van der Waals surface area contributed by atoms with E-state index < -0.39 is 17.6 Å². The average Bonchev–Trinajstić information content (AvgIpc) is 2.74. The van der Waals surface area contributed by atoms with Gasteiger partial charge in [0, 0.05) is 6.42 Å². The molecule has 2 aromatic rings. The van der Waals surface area contributed by atoms with E-state index in [0.29, 0.717) is 6.42 Å². The third-order valence-corrected chi connectivity index (χ3v) is 3.14. The van der Waals surface area contributed by atoms with Gasteiger partial charge in [-0.1, -0.05) is 34.5 Å². The molecule has 21 heavy (non-hydrogen) atoms. The topological polar surface area (TPSA) is 64.9 Å². The highest BCUT2D eigenvalue weighted by atomic mass is 19.4. The summed E-state index contributed by atoms with van der Waals surface area (Å²) >= 11 is 0. The third kappa shape index (κ3) is 3.24. The zero-order valence-corrected chi connectivity index (χ0v) is 12.0. The number of nitrogens with zero attached hydrogens (tertiary/aromatic N) is 2. The van der Waals surface area contributed by atoms with E-state index in [2.05, 4.69) is 14.7 Å². The van der Waals surface area contributed by atoms with Gasteiger partial charge in [-0.05, 0) is 26.3 Å². The van der Waals surface area contributed by atoms with Crippen molar-refractivity contribution in [3.05, 3.63) is 46.6 Å². The number of hydrogen-bond donors (Lipinski definition) is 1. The normalized spacial score (nSPS) is 15.0. The molecule has 0 aliphatic rings. The molecule has 0 bridgehead atoms. The Morgan fingerprint density at radius 3 is 2.24 bits per heavy atom. The SMILES string of the molecule is Cc1cc(C)cc(Cc2noc(C(C)(N)C(F)(F)F)n2)c1. The maximum atomic E-state index is 12.8. The summed E-state index contributed by atoms with van der Waals surface area (Å²) in [5, 5.41) is 3.58. The van der Waals surface area contributed by atoms with Crippen molar-refractivity contribution in [1.29, 1.82) is 0 Å². The molecule has 1 heterocycles. The number of alkyl halides is 3. The fourth-order valence-electron chi connectivity index (χ4n) is 2.01. The Bertz CT molecular complexity index is 627. The van der Waals surface area contributed by atoms with E-state index in [4.69, 9.17) is 5.73 Å². The highest BCUT2D eigenvalue weighted by molar-refractivity contribution is 5.30. The van der Waals surface area contributed by atoms with Gasteiger partial charge in [0.05, 0.1) is 0 Å². The first-order valence-corrected chi connectivity index (χ1v) is 6.35. The number of rotatable bonds is 3. The second-order valence-corrected chi connectivity index (χ2v) is 5.39. The van der Waals surface area contributed by atoms with Crippen LogP contribution in [0.5, 0.6) is 0 Å². The van der Waals surface area contributed by atoms with Gasteiger partial charge in [0.15, 0.2) is 11.4 Å². The second-order valence-electron chi connectivity index (χ2n) is 5.39. The Labute approximate surface area is 120 Å². The van der Waals surface area contributed by atoms with E-state index in [9.17, 15) is 13.2 Å². The lowest BCUT2D eigenvalue weighted by Crippen LogP contribution is -2.48. The highest BCUT2D eigenvalue weighted by Crippen LogP contribution is 2.35. The molecular formula is C14H16F3N3O. The van der Waals surface area contributed by atoms with Crippen molar-refractivity contribution >= 4 is 0 Å². The van der Waals surface area contributed by atoms with Crippen molar-refractivity contribution in [2.75, 3.05) is 0 Å². The minimum Gasteiger partial charge on any atom is -0.337 e. The molecule has 1 unspecified atom stereocenters. The number of hydrogen-bond acceptors (Lipinski definition) is 4. The Kier molecular flexibility index (Phi) is 3.79. The van der Waals surface area contributed by atoms with Crippen LogP contribution in [0.4, 0.5) is 13.2 Å². The minimum absolute atomic E-state index is 0.177. The number of nitrogens with two attached hydrogens (primary N) is 1. The predicted molar refractivity (Wildman–Crippen MR) is 70.6 cm³/mol. The fraction of sp³-hybridized carbons (Fsp3) is 0.429. The largest absolute Gasteiger partial charge is 0.415 e. The number of benzene rings is 1. The van der Waals surface area contributed by atoms with E-state index in [1.807, 2.05) is 32.0 Å². The lowest BCUT2D eigenvalue weighted by atomic mass is 10.0. The molecule has 4 nitrogen and oxygen atoms in total. The first-order chi connectivity index (χ1) is 9.59. The Morgan fingerprint density at radius 1 is 1.14 bits per heavy atom. The average molecular weight is 299 g/mol. The summed E-state index contributed by atoms with van der Waals surface area (Å²) in [6.45, 7) is 4.69. The lowest BCUT2D eigenvalue weighted by molar-refractivity contribution is -0.190. The van der Waals surface area contributed by atoms with Crippen LogP contribution >= 0.6 is 0 Å². The van der Waals surface area contributed by atoms with Crippen molar-refractivity contribution in [1.82, 2.24) is 10.1 Å². The number of aromatic nitrogens is 2. The monoisotopic (exact) mass is 299 g/mol. The predicted octanol–water partition coefficient (Wildman–Crippen LogP) is 3.01. The first kappa shape index (κ1) is 15.5. The molecule has 0 fully saturated rings. The summed E-state index contributed by atoms with van der Waals surface area (Å²) < 4.78 is 43.1. The van der Waals surface area contributed by atoms with Crippen molar-refractivity contribution in [3.8, 4) is 0 Å². The van der Waals surface area contributed by atoms with Crippen LogP contribution in [-0.4, -0.2) is 16.3 Å². The molecule has 114 valence electrons. The van der Waals surface area contributed by atoms with Gasteiger partial charge in [-0.3, -0.25) is 0 Å². The molecule has 0 saturated heterocycles. The summed E-state index contributed by atoms with van der Waals surface area (Å²) in [4.78, 5) is 3.78. The highest BCUT2D eigenvalue weighted by Gasteiger charge is 2.53. The second kappa shape index (κ2) is 5.14. The van der Waals surface area contributed by atoms with Gasteiger partial charge >= 0.3 is 6.18 Å². The molecule has 2 rings (SSSR count). The van der Waals surface area contributed by atoms with Crippen LogP contribution in [0.3, 0.4) is 0 Å². The summed E-state index contributed by atoms with van der Waals surface area (Å²) in [6, 6.07) is 5.86. The van der Waals surface area contributed by atoms with E-state index in [-0.39, 0.29) is 5.82 Å². The van der Waals surface area contributed by atoms with E-state index in [1.54, 1.807) is 0 Å². The Morgan fingerprint density at radius 2 is 1.71 bits per heavy atom. The molecule has 2 N–H and O–H groups in total. The third-order valence-electron chi connectivity index (χ3n) is 3.14. The first-order valence-electron chi connectivity index (χ1n) is 6.35. The summed E-state index contributed by atoms with van der Waals surface area (Å²) in [7, 11) is 0. The van der Waals surface area contributed by atoms with Crippen LogP contribution in [0.1, 0.15) is 35.3 Å². The molecule has 1 aromatic heterocycles. The van der Waals surface area contributed by atoms with Crippen molar-refractivity contribution in [3.63, 3.8) is 0 Å². The van der Waals surface area contributed by atoms with Gasteiger partial charge in [-0.2, -0.15) is 18.2 Å². The van der Waals surface area contributed by atoms with Gasteiger partial charge in [0.1, 0.15) is 0 Å². The van der Waals surface area contributed by atoms with E-state index >= 15 is 0 Å². The standard InChI is InChI=1S/C14H16F3N3O/c1-8-4-9(2)6-10(5-8)7-11-19-12(21-20-11)13(3,18)14(15,16)17/h4-6H,7,18H2,1-3H3. The van der Waals surface area contributed by atoms with Gasteiger partial charge < -0.3 is 10.3 Å². The van der Waals surface area contributed by atoms with Crippen LogP contribution in [0.2, 0.25) is 0 Å². The maximum Gasteiger partial charge on any atom is 0.415 e. The Hall–Kier alpha value is -1.89. The van der Waals surface area contributed by atoms with Gasteiger partial charge in [-0.15, -0.1) is 0 Å². The molecular weight excluding hydrogens is 283 g/mol. The molecule has 0 aliphatic heterocycles. The van der Waals surface area contributed by atoms with Crippen LogP contribution in [0.25, 0.3) is 0 Å². The zero-order chi connectivity index (χ0) is 15.8. The van der Waals surface area contributed by atoms with Gasteiger partial charge in [-0.25, -0.2) is 0 Å². The molecule has 0 radical (unpaired) electrons. The number of halogens is 3. The molecule has 0 spiro atoms. The van der Waals surface area contributed by atoms with Gasteiger partial charge in [0.2, 0.25) is 0 Å². The minimum atomic E-state index is -4.66. The molecule has 1 atom stereocenters. The number of aryl methyl sites for hydroxylation is 2.